The number of urea groups is 1. The molecule has 0 fully saturated rings. The van der Waals surface area contributed by atoms with E-state index in [0.717, 1.165) is 47.2 Å². The topological polar surface area (TPSA) is 78.9 Å². The second kappa shape index (κ2) is 13.2. The average molecular weight is 475 g/mol. The average Bonchev–Trinajstić information content (AvgIpc) is 2.89. The summed E-state index contributed by atoms with van der Waals surface area (Å²) in [6.07, 6.45) is 3.60. The quantitative estimate of drug-likeness (QED) is 0.303. The molecule has 0 spiro atoms. The number of nitrogens with zero attached hydrogens (tertiary/aromatic N) is 1. The van der Waals surface area contributed by atoms with Gasteiger partial charge in [0.25, 0.3) is 0 Å². The van der Waals surface area contributed by atoms with Crippen LogP contribution >= 0.6 is 0 Å². The van der Waals surface area contributed by atoms with E-state index in [9.17, 15) is 9.59 Å². The van der Waals surface area contributed by atoms with Gasteiger partial charge in [0.1, 0.15) is 12.4 Å². The van der Waals surface area contributed by atoms with Crippen LogP contribution in [0.4, 0.5) is 10.5 Å². The minimum atomic E-state index is -0.841. The summed E-state index contributed by atoms with van der Waals surface area (Å²) in [5, 5.41) is 12.1. The van der Waals surface area contributed by atoms with E-state index in [0.29, 0.717) is 25.3 Å². The van der Waals surface area contributed by atoms with Gasteiger partial charge in [-0.15, -0.1) is 0 Å². The van der Waals surface area contributed by atoms with Crippen LogP contribution in [-0.4, -0.2) is 30.7 Å². The van der Waals surface area contributed by atoms with Gasteiger partial charge in [0, 0.05) is 25.7 Å². The Hall–Kier alpha value is -3.80. The monoisotopic (exact) mass is 474 g/mol. The third kappa shape index (κ3) is 7.88. The van der Waals surface area contributed by atoms with Gasteiger partial charge in [-0.05, 0) is 53.3 Å². The number of hydrogen-bond donors (Lipinski definition) is 2. The van der Waals surface area contributed by atoms with E-state index in [2.05, 4.69) is 12.2 Å². The van der Waals surface area contributed by atoms with E-state index >= 15 is 0 Å². The summed E-state index contributed by atoms with van der Waals surface area (Å²) >= 11 is 0. The molecule has 0 saturated carbocycles. The molecule has 2 amide bonds. The maximum absolute atomic E-state index is 12.5. The molecule has 0 unspecified atom stereocenters. The molecule has 2 N–H and O–H groups in total. The van der Waals surface area contributed by atoms with Crippen LogP contribution in [0.5, 0.6) is 5.75 Å². The van der Waals surface area contributed by atoms with E-state index in [1.54, 1.807) is 11.9 Å². The highest BCUT2D eigenvalue weighted by molar-refractivity contribution is 5.92. The van der Waals surface area contributed by atoms with Crippen LogP contribution in [0.15, 0.2) is 72.8 Å². The first kappa shape index (κ1) is 25.8. The zero-order valence-corrected chi connectivity index (χ0v) is 20.5. The van der Waals surface area contributed by atoms with E-state index in [1.165, 1.54) is 0 Å². The van der Waals surface area contributed by atoms with Gasteiger partial charge >= 0.3 is 12.0 Å². The number of carboxylic acid groups (broad SMARTS) is 1. The Balaban J connectivity index is 1.80. The number of aryl methyl sites for hydroxylation is 1. The van der Waals surface area contributed by atoms with Crippen LogP contribution in [0, 0.1) is 0 Å². The van der Waals surface area contributed by atoms with Crippen molar-refractivity contribution < 1.29 is 19.4 Å². The molecule has 0 bridgehead atoms. The molecule has 0 aromatic heterocycles. The van der Waals surface area contributed by atoms with Crippen molar-refractivity contribution in [3.8, 4) is 16.9 Å². The predicted molar refractivity (Wildman–Crippen MR) is 140 cm³/mol. The zero-order chi connectivity index (χ0) is 25.0. The fourth-order valence-corrected chi connectivity index (χ4v) is 3.75. The van der Waals surface area contributed by atoms with Crippen LogP contribution in [0.2, 0.25) is 0 Å². The maximum atomic E-state index is 12.5. The van der Waals surface area contributed by atoms with Gasteiger partial charge in [-0.2, -0.15) is 0 Å². The Labute approximate surface area is 207 Å². The van der Waals surface area contributed by atoms with E-state index < -0.39 is 5.97 Å². The molecule has 0 saturated heterocycles. The fourth-order valence-electron chi connectivity index (χ4n) is 3.75. The van der Waals surface area contributed by atoms with Gasteiger partial charge in [0.15, 0.2) is 0 Å². The molecule has 3 aromatic rings. The number of ether oxygens (including phenoxy) is 1. The largest absolute Gasteiger partial charge is 0.489 e. The summed E-state index contributed by atoms with van der Waals surface area (Å²) in [6, 6.07) is 23.4. The Bertz CT molecular complexity index is 1110. The van der Waals surface area contributed by atoms with E-state index in [4.69, 9.17) is 9.84 Å². The molecule has 184 valence electrons. The molecule has 0 aliphatic rings. The number of benzene rings is 3. The van der Waals surface area contributed by atoms with E-state index in [-0.39, 0.29) is 12.5 Å². The number of amides is 2. The maximum Gasteiger partial charge on any atom is 0.321 e. The first-order chi connectivity index (χ1) is 17.0. The fraction of sp³-hybridized carbons (Fsp3) is 0.310. The number of carbonyl (C=O) groups excluding carboxylic acids is 1. The molecule has 0 radical (unpaired) electrons. The molecule has 0 aliphatic heterocycles. The molecule has 0 atom stereocenters. The van der Waals surface area contributed by atoms with Gasteiger partial charge in [0.2, 0.25) is 0 Å². The summed E-state index contributed by atoms with van der Waals surface area (Å²) in [7, 11) is 1.76. The molecule has 3 aromatic carbocycles. The standard InChI is InChI=1S/C29H34N2O4/c1-3-4-8-18-30-29(34)31(2)26-13-9-12-24(19-26)25-15-14-23(16-17-28(32)33)27(20-25)35-21-22-10-6-5-7-11-22/h5-7,9-15,19-20H,3-4,8,16-18,21H2,1-2H3,(H,30,34)(H,32,33). The SMILES string of the molecule is CCCCCNC(=O)N(C)c1cccc(-c2ccc(CCC(=O)O)c(OCc3ccccc3)c2)c1. The van der Waals surface area contributed by atoms with Crippen LogP contribution in [0.3, 0.4) is 0 Å². The number of hydrogen-bond acceptors (Lipinski definition) is 3. The number of nitrogens with one attached hydrogen (secondary N) is 1. The Morgan fingerprint density at radius 2 is 1.71 bits per heavy atom. The molecule has 6 nitrogen and oxygen atoms in total. The Kier molecular flexibility index (Phi) is 9.72. The number of unbranched alkanes of at least 4 members (excludes halogenated alkanes) is 2. The molecule has 0 aliphatic carbocycles. The van der Waals surface area contributed by atoms with Gasteiger partial charge in [-0.25, -0.2) is 4.79 Å². The lowest BCUT2D eigenvalue weighted by Gasteiger charge is -2.19. The highest BCUT2D eigenvalue weighted by Crippen LogP contribution is 2.31. The molecule has 0 heterocycles. The smallest absolute Gasteiger partial charge is 0.321 e. The molecular weight excluding hydrogens is 440 g/mol. The lowest BCUT2D eigenvalue weighted by atomic mass is 10.0. The first-order valence-electron chi connectivity index (χ1n) is 12.1. The summed E-state index contributed by atoms with van der Waals surface area (Å²) in [6.45, 7) is 3.19. The zero-order valence-electron chi connectivity index (χ0n) is 20.5. The second-order valence-corrected chi connectivity index (χ2v) is 8.54. The lowest BCUT2D eigenvalue weighted by Crippen LogP contribution is -2.37. The van der Waals surface area contributed by atoms with Crippen LogP contribution in [-0.2, 0) is 17.8 Å². The van der Waals surface area contributed by atoms with Crippen molar-refractivity contribution in [3.63, 3.8) is 0 Å². The molecule has 6 heteroatoms. The van der Waals surface area contributed by atoms with Crippen molar-refractivity contribution in [1.82, 2.24) is 5.32 Å². The predicted octanol–water partition coefficient (Wildman–Crippen LogP) is 6.29. The number of carboxylic acids is 1. The minimum absolute atomic E-state index is 0.0364. The molecule has 35 heavy (non-hydrogen) atoms. The third-order valence-corrected chi connectivity index (χ3v) is 5.84. The lowest BCUT2D eigenvalue weighted by molar-refractivity contribution is -0.136. The normalized spacial score (nSPS) is 10.6. The van der Waals surface area contributed by atoms with E-state index in [1.807, 2.05) is 72.8 Å². The van der Waals surface area contributed by atoms with Gasteiger partial charge in [0.05, 0.1) is 0 Å². The van der Waals surface area contributed by atoms with Crippen molar-refractivity contribution in [3.05, 3.63) is 83.9 Å². The Morgan fingerprint density at radius 3 is 2.46 bits per heavy atom. The van der Waals surface area contributed by atoms with Crippen molar-refractivity contribution in [2.24, 2.45) is 0 Å². The third-order valence-electron chi connectivity index (χ3n) is 5.84. The Morgan fingerprint density at radius 1 is 0.943 bits per heavy atom. The van der Waals surface area contributed by atoms with Gasteiger partial charge in [-0.3, -0.25) is 9.69 Å². The summed E-state index contributed by atoms with van der Waals surface area (Å²) in [5.74, 6) is -0.174. The molecule has 3 rings (SSSR count). The number of carbonyl (C=O) groups is 2. The van der Waals surface area contributed by atoms with Crippen LogP contribution < -0.4 is 15.0 Å². The van der Waals surface area contributed by atoms with Crippen molar-refractivity contribution in [2.45, 2.75) is 45.6 Å². The summed E-state index contributed by atoms with van der Waals surface area (Å²) in [4.78, 5) is 25.3. The summed E-state index contributed by atoms with van der Waals surface area (Å²) < 4.78 is 6.13. The summed E-state index contributed by atoms with van der Waals surface area (Å²) in [5.41, 5.74) is 4.56. The molecular formula is C29H34N2O4. The van der Waals surface area contributed by atoms with Crippen molar-refractivity contribution in [1.29, 1.82) is 0 Å². The highest BCUT2D eigenvalue weighted by atomic mass is 16.5. The van der Waals surface area contributed by atoms with Crippen molar-refractivity contribution >= 4 is 17.7 Å². The highest BCUT2D eigenvalue weighted by Gasteiger charge is 2.13. The number of aliphatic carboxylic acids is 1. The van der Waals surface area contributed by atoms with Gasteiger partial charge < -0.3 is 15.2 Å². The number of anilines is 1. The van der Waals surface area contributed by atoms with Crippen LogP contribution in [0.25, 0.3) is 11.1 Å². The number of rotatable bonds is 12. The minimum Gasteiger partial charge on any atom is -0.489 e. The second-order valence-electron chi connectivity index (χ2n) is 8.54. The van der Waals surface area contributed by atoms with Crippen molar-refractivity contribution in [2.75, 3.05) is 18.5 Å². The van der Waals surface area contributed by atoms with Crippen LogP contribution in [0.1, 0.15) is 43.7 Å². The first-order valence-corrected chi connectivity index (χ1v) is 12.1. The van der Waals surface area contributed by atoms with Gasteiger partial charge in [-0.1, -0.05) is 74.4 Å².